The van der Waals surface area contributed by atoms with Crippen molar-refractivity contribution in [3.05, 3.63) is 24.3 Å². The molecule has 0 aliphatic rings. The number of carbonyl (C=O) groups is 1. The highest BCUT2D eigenvalue weighted by Gasteiger charge is 2.06. The van der Waals surface area contributed by atoms with Crippen LogP contribution in [0.25, 0.3) is 11.0 Å². The van der Waals surface area contributed by atoms with Gasteiger partial charge in [0.1, 0.15) is 0 Å². The fourth-order valence-corrected chi connectivity index (χ4v) is 1.13. The largest absolute Gasteiger partial charge is 0.445 e. The van der Waals surface area contributed by atoms with Gasteiger partial charge in [-0.1, -0.05) is 12.1 Å². The monoisotopic (exact) mass is 193 g/mol. The second-order valence-corrected chi connectivity index (χ2v) is 2.61. The molecule has 3 N–H and O–H groups in total. The van der Waals surface area contributed by atoms with Gasteiger partial charge in [0.25, 0.3) is 0 Å². The highest BCUT2D eigenvalue weighted by atomic mass is 17.1. The van der Waals surface area contributed by atoms with E-state index in [9.17, 15) is 4.79 Å². The van der Waals surface area contributed by atoms with Gasteiger partial charge in [-0.15, -0.1) is 0 Å². The summed E-state index contributed by atoms with van der Waals surface area (Å²) in [5, 5.41) is 10.2. The molecule has 0 bridgehead atoms. The minimum Gasteiger partial charge on any atom is -0.324 e. The van der Waals surface area contributed by atoms with E-state index in [0.29, 0.717) is 0 Å². The van der Waals surface area contributed by atoms with Crippen LogP contribution in [0.2, 0.25) is 0 Å². The third kappa shape index (κ3) is 1.50. The van der Waals surface area contributed by atoms with Crippen LogP contribution in [-0.2, 0) is 4.89 Å². The summed E-state index contributed by atoms with van der Waals surface area (Å²) in [7, 11) is 0. The van der Waals surface area contributed by atoms with Crippen molar-refractivity contribution in [3.63, 3.8) is 0 Å². The van der Waals surface area contributed by atoms with Crippen LogP contribution in [0.5, 0.6) is 0 Å². The van der Waals surface area contributed by atoms with Crippen LogP contribution >= 0.6 is 0 Å². The quantitative estimate of drug-likeness (QED) is 0.474. The lowest BCUT2D eigenvalue weighted by Gasteiger charge is -1.94. The van der Waals surface area contributed by atoms with Crippen LogP contribution in [-0.4, -0.2) is 21.3 Å². The van der Waals surface area contributed by atoms with E-state index < -0.39 is 6.09 Å². The van der Waals surface area contributed by atoms with E-state index in [1.807, 2.05) is 18.2 Å². The molecule has 1 amide bonds. The number of aromatic nitrogens is 2. The predicted octanol–water partition coefficient (Wildman–Crippen LogP) is 1.58. The van der Waals surface area contributed by atoms with Crippen LogP contribution in [0, 0.1) is 0 Å². The Kier molecular flexibility index (Phi) is 2.04. The standard InChI is InChI=1S/C8H7N3O3/c12-8(14-13)11-7-9-5-3-1-2-4-6(5)10-7/h1-4,13H,(H2,9,10,11,12). The molecule has 0 saturated carbocycles. The molecule has 1 aromatic heterocycles. The van der Waals surface area contributed by atoms with Crippen LogP contribution in [0.3, 0.4) is 0 Å². The molecule has 0 fully saturated rings. The van der Waals surface area contributed by atoms with E-state index in [-0.39, 0.29) is 5.95 Å². The predicted molar refractivity (Wildman–Crippen MR) is 48.8 cm³/mol. The topological polar surface area (TPSA) is 87.2 Å². The Morgan fingerprint density at radius 2 is 2.29 bits per heavy atom. The van der Waals surface area contributed by atoms with E-state index in [4.69, 9.17) is 5.26 Å². The minimum atomic E-state index is -0.982. The summed E-state index contributed by atoms with van der Waals surface area (Å²) in [5.74, 6) is 0.227. The molecule has 14 heavy (non-hydrogen) atoms. The number of hydrogen-bond donors (Lipinski definition) is 3. The lowest BCUT2D eigenvalue weighted by Crippen LogP contribution is -2.12. The maximum Gasteiger partial charge on any atom is 0.445 e. The van der Waals surface area contributed by atoms with E-state index in [2.05, 4.69) is 20.2 Å². The molecule has 72 valence electrons. The average molecular weight is 193 g/mol. The van der Waals surface area contributed by atoms with Gasteiger partial charge < -0.3 is 4.98 Å². The normalized spacial score (nSPS) is 10.1. The van der Waals surface area contributed by atoms with Crippen molar-refractivity contribution >= 4 is 23.1 Å². The van der Waals surface area contributed by atoms with Crippen molar-refractivity contribution in [3.8, 4) is 0 Å². The zero-order valence-electron chi connectivity index (χ0n) is 7.02. The molecule has 6 heteroatoms. The first-order valence-electron chi connectivity index (χ1n) is 3.87. The molecule has 0 radical (unpaired) electrons. The summed E-state index contributed by atoms with van der Waals surface area (Å²) in [6.45, 7) is 0. The van der Waals surface area contributed by atoms with Gasteiger partial charge in [-0.25, -0.2) is 9.78 Å². The van der Waals surface area contributed by atoms with Crippen molar-refractivity contribution in [2.24, 2.45) is 0 Å². The van der Waals surface area contributed by atoms with E-state index in [0.717, 1.165) is 11.0 Å². The number of benzene rings is 1. The fraction of sp³-hybridized carbons (Fsp3) is 0. The van der Waals surface area contributed by atoms with Crippen molar-refractivity contribution in [1.29, 1.82) is 0 Å². The van der Waals surface area contributed by atoms with Gasteiger partial charge >= 0.3 is 6.09 Å². The molecule has 1 heterocycles. The van der Waals surface area contributed by atoms with Crippen LogP contribution in [0.15, 0.2) is 24.3 Å². The highest BCUT2D eigenvalue weighted by Crippen LogP contribution is 2.12. The zero-order chi connectivity index (χ0) is 9.97. The summed E-state index contributed by atoms with van der Waals surface area (Å²) in [5.41, 5.74) is 1.52. The number of nitrogens with one attached hydrogen (secondary N) is 2. The third-order valence-electron chi connectivity index (χ3n) is 1.69. The lowest BCUT2D eigenvalue weighted by molar-refractivity contribution is -0.172. The maximum atomic E-state index is 10.6. The van der Waals surface area contributed by atoms with Crippen molar-refractivity contribution < 1.29 is 14.9 Å². The number of amides is 1. The van der Waals surface area contributed by atoms with Crippen LogP contribution in [0.1, 0.15) is 0 Å². The number of imidazole rings is 1. The Balaban J connectivity index is 2.31. The lowest BCUT2D eigenvalue weighted by atomic mass is 10.3. The van der Waals surface area contributed by atoms with Crippen LogP contribution < -0.4 is 5.32 Å². The first kappa shape index (κ1) is 8.52. The first-order valence-corrected chi connectivity index (χ1v) is 3.87. The first-order chi connectivity index (χ1) is 6.79. The van der Waals surface area contributed by atoms with Gasteiger partial charge in [0.15, 0.2) is 0 Å². The number of rotatable bonds is 1. The Morgan fingerprint density at radius 3 is 3.00 bits per heavy atom. The molecule has 2 aromatic rings. The minimum absolute atomic E-state index is 0.227. The second-order valence-electron chi connectivity index (χ2n) is 2.61. The van der Waals surface area contributed by atoms with Gasteiger partial charge in [-0.3, -0.25) is 10.2 Å². The molecule has 0 atom stereocenters. The Hall–Kier alpha value is -2.08. The number of fused-ring (bicyclic) bond motifs is 1. The number of nitrogens with zero attached hydrogens (tertiary/aromatic N) is 1. The summed E-state index contributed by atoms with van der Waals surface area (Å²) in [6.07, 6.45) is -0.982. The molecule has 0 aliphatic heterocycles. The number of H-pyrrole nitrogens is 1. The molecular formula is C8H7N3O3. The Morgan fingerprint density at radius 1 is 1.50 bits per heavy atom. The average Bonchev–Trinajstić information content (AvgIpc) is 2.59. The summed E-state index contributed by atoms with van der Waals surface area (Å²) < 4.78 is 0. The smallest absolute Gasteiger partial charge is 0.324 e. The molecular weight excluding hydrogens is 186 g/mol. The van der Waals surface area contributed by atoms with Gasteiger partial charge in [-0.05, 0) is 12.1 Å². The molecule has 6 nitrogen and oxygen atoms in total. The summed E-state index contributed by atoms with van der Waals surface area (Å²) >= 11 is 0. The summed E-state index contributed by atoms with van der Waals surface area (Å²) in [4.78, 5) is 20.9. The van der Waals surface area contributed by atoms with E-state index >= 15 is 0 Å². The SMILES string of the molecule is O=C(Nc1nc2ccccc2[nH]1)OO. The maximum absolute atomic E-state index is 10.6. The number of hydrogen-bond acceptors (Lipinski definition) is 4. The van der Waals surface area contributed by atoms with Crippen molar-refractivity contribution in [1.82, 2.24) is 9.97 Å². The zero-order valence-corrected chi connectivity index (χ0v) is 7.02. The fourth-order valence-electron chi connectivity index (χ4n) is 1.13. The van der Waals surface area contributed by atoms with Crippen molar-refractivity contribution in [2.45, 2.75) is 0 Å². The Labute approximate surface area is 78.5 Å². The highest BCUT2D eigenvalue weighted by molar-refractivity contribution is 5.85. The number of para-hydroxylation sites is 2. The number of aromatic amines is 1. The molecule has 0 saturated heterocycles. The van der Waals surface area contributed by atoms with Crippen LogP contribution in [0.4, 0.5) is 10.7 Å². The van der Waals surface area contributed by atoms with Gasteiger partial charge in [0.05, 0.1) is 11.0 Å². The molecule has 1 aromatic carbocycles. The third-order valence-corrected chi connectivity index (χ3v) is 1.69. The van der Waals surface area contributed by atoms with Gasteiger partial charge in [-0.2, -0.15) is 5.26 Å². The Bertz CT molecular complexity index is 433. The van der Waals surface area contributed by atoms with Gasteiger partial charge in [0, 0.05) is 0 Å². The molecule has 2 rings (SSSR count). The second kappa shape index (κ2) is 3.35. The van der Waals surface area contributed by atoms with E-state index in [1.165, 1.54) is 0 Å². The van der Waals surface area contributed by atoms with Crippen molar-refractivity contribution in [2.75, 3.05) is 5.32 Å². The number of carbonyl (C=O) groups excluding carboxylic acids is 1. The molecule has 0 spiro atoms. The number of anilines is 1. The molecule has 0 aliphatic carbocycles. The van der Waals surface area contributed by atoms with E-state index in [1.54, 1.807) is 6.07 Å². The summed E-state index contributed by atoms with van der Waals surface area (Å²) in [6, 6.07) is 7.28. The molecule has 0 unspecified atom stereocenters. The van der Waals surface area contributed by atoms with Gasteiger partial charge in [0.2, 0.25) is 5.95 Å².